The van der Waals surface area contributed by atoms with E-state index in [2.05, 4.69) is 15.9 Å². The van der Waals surface area contributed by atoms with E-state index in [1.165, 1.54) is 10.4 Å². The maximum Gasteiger partial charge on any atom is 0.243 e. The Bertz CT molecular complexity index is 519. The summed E-state index contributed by atoms with van der Waals surface area (Å²) in [4.78, 5) is 0.265. The molecule has 1 aromatic rings. The van der Waals surface area contributed by atoms with Gasteiger partial charge >= 0.3 is 0 Å². The lowest BCUT2D eigenvalue weighted by Gasteiger charge is -2.26. The molecule has 1 rings (SSSR count). The molecule has 3 nitrogen and oxygen atoms in total. The van der Waals surface area contributed by atoms with Crippen LogP contribution in [0.25, 0.3) is 0 Å². The van der Waals surface area contributed by atoms with Gasteiger partial charge in [-0.3, -0.25) is 0 Å². The molecule has 0 saturated carbocycles. The molecular formula is C12H17BrClNO2S. The number of hydrogen-bond acceptors (Lipinski definition) is 2. The van der Waals surface area contributed by atoms with Gasteiger partial charge in [0.05, 0.1) is 9.92 Å². The summed E-state index contributed by atoms with van der Waals surface area (Å²) >= 11 is 9.13. The highest BCUT2D eigenvalue weighted by atomic mass is 79.9. The molecular weight excluding hydrogens is 338 g/mol. The van der Waals surface area contributed by atoms with Gasteiger partial charge in [0, 0.05) is 17.1 Å². The molecule has 0 spiro atoms. The number of halogens is 2. The highest BCUT2D eigenvalue weighted by molar-refractivity contribution is 9.10. The summed E-state index contributed by atoms with van der Waals surface area (Å²) in [7, 11) is -3.46. The Morgan fingerprint density at radius 3 is 2.44 bits per heavy atom. The highest BCUT2D eigenvalue weighted by Gasteiger charge is 2.27. The molecule has 0 N–H and O–H groups in total. The largest absolute Gasteiger partial charge is 0.243 e. The lowest BCUT2D eigenvalue weighted by atomic mass is 10.3. The first-order valence-corrected chi connectivity index (χ1v) is 8.42. The van der Waals surface area contributed by atoms with Gasteiger partial charge in [-0.2, -0.15) is 4.31 Å². The third-order valence-electron chi connectivity index (χ3n) is 2.89. The molecule has 6 heteroatoms. The van der Waals surface area contributed by atoms with Crippen molar-refractivity contribution in [3.8, 4) is 0 Å². The Balaban J connectivity index is 3.23. The fourth-order valence-electron chi connectivity index (χ4n) is 1.69. The van der Waals surface area contributed by atoms with Crippen LogP contribution < -0.4 is 0 Å². The molecule has 1 unspecified atom stereocenters. The van der Waals surface area contributed by atoms with Crippen LogP contribution in [0.4, 0.5) is 0 Å². The number of benzene rings is 1. The minimum Gasteiger partial charge on any atom is -0.207 e. The second-order valence-electron chi connectivity index (χ2n) is 4.04. The number of hydrogen-bond donors (Lipinski definition) is 0. The van der Waals surface area contributed by atoms with Crippen LogP contribution in [-0.4, -0.2) is 25.3 Å². The second-order valence-corrected chi connectivity index (χ2v) is 7.19. The van der Waals surface area contributed by atoms with E-state index in [9.17, 15) is 8.42 Å². The average molecular weight is 355 g/mol. The van der Waals surface area contributed by atoms with Crippen LogP contribution in [0.15, 0.2) is 27.6 Å². The quantitative estimate of drug-likeness (QED) is 0.804. The van der Waals surface area contributed by atoms with E-state index < -0.39 is 10.0 Å². The van der Waals surface area contributed by atoms with Gasteiger partial charge in [0.1, 0.15) is 0 Å². The molecule has 1 atom stereocenters. The van der Waals surface area contributed by atoms with Crippen LogP contribution >= 0.6 is 27.5 Å². The van der Waals surface area contributed by atoms with Crippen LogP contribution in [0.5, 0.6) is 0 Å². The first kappa shape index (κ1) is 16.0. The number of nitrogens with zero attached hydrogens (tertiary/aromatic N) is 1. The Labute approximate surface area is 122 Å². The molecule has 18 heavy (non-hydrogen) atoms. The van der Waals surface area contributed by atoms with Gasteiger partial charge in [-0.05, 0) is 47.5 Å². The summed E-state index contributed by atoms with van der Waals surface area (Å²) in [6.07, 6.45) is 0.780. The van der Waals surface area contributed by atoms with E-state index in [4.69, 9.17) is 11.6 Å². The average Bonchev–Trinajstić information content (AvgIpc) is 2.32. The Kier molecular flexibility index (Phi) is 5.65. The van der Waals surface area contributed by atoms with Crippen molar-refractivity contribution in [1.82, 2.24) is 4.31 Å². The fourth-order valence-corrected chi connectivity index (χ4v) is 4.08. The van der Waals surface area contributed by atoms with Crippen LogP contribution in [0, 0.1) is 0 Å². The Hall–Kier alpha value is -0.100. The zero-order valence-corrected chi connectivity index (χ0v) is 13.8. The summed E-state index contributed by atoms with van der Waals surface area (Å²) < 4.78 is 27.1. The van der Waals surface area contributed by atoms with Crippen molar-refractivity contribution < 1.29 is 8.42 Å². The van der Waals surface area contributed by atoms with E-state index >= 15 is 0 Å². The third kappa shape index (κ3) is 3.26. The molecule has 0 aliphatic rings. The van der Waals surface area contributed by atoms with E-state index in [1.807, 2.05) is 20.8 Å². The highest BCUT2D eigenvalue weighted by Crippen LogP contribution is 2.27. The van der Waals surface area contributed by atoms with Crippen LogP contribution in [0.3, 0.4) is 0 Å². The van der Waals surface area contributed by atoms with E-state index in [0.717, 1.165) is 6.42 Å². The maximum atomic E-state index is 12.5. The normalized spacial score (nSPS) is 13.9. The van der Waals surface area contributed by atoms with E-state index in [-0.39, 0.29) is 10.9 Å². The molecule has 0 heterocycles. The van der Waals surface area contributed by atoms with E-state index in [1.54, 1.807) is 12.1 Å². The third-order valence-corrected chi connectivity index (χ3v) is 6.19. The zero-order chi connectivity index (χ0) is 13.9. The molecule has 0 aromatic heterocycles. The summed E-state index contributed by atoms with van der Waals surface area (Å²) in [6.45, 7) is 6.18. The maximum absolute atomic E-state index is 12.5. The van der Waals surface area contributed by atoms with Gasteiger partial charge in [-0.15, -0.1) is 0 Å². The summed E-state index contributed by atoms with van der Waals surface area (Å²) in [5.74, 6) is 0. The molecule has 0 amide bonds. The lowest BCUT2D eigenvalue weighted by molar-refractivity contribution is 0.342. The van der Waals surface area contributed by atoms with Gasteiger partial charge in [0.15, 0.2) is 0 Å². The monoisotopic (exact) mass is 353 g/mol. The van der Waals surface area contributed by atoms with E-state index in [0.29, 0.717) is 16.0 Å². The molecule has 1 aromatic carbocycles. The number of sulfonamides is 1. The number of rotatable bonds is 5. The second kappa shape index (κ2) is 6.37. The molecule has 0 bridgehead atoms. The van der Waals surface area contributed by atoms with Gasteiger partial charge in [0.2, 0.25) is 10.0 Å². The molecule has 0 fully saturated rings. The smallest absolute Gasteiger partial charge is 0.207 e. The van der Waals surface area contributed by atoms with Crippen molar-refractivity contribution in [2.75, 3.05) is 6.54 Å². The minimum absolute atomic E-state index is 0.0190. The first-order valence-electron chi connectivity index (χ1n) is 5.81. The lowest BCUT2D eigenvalue weighted by Crippen LogP contribution is -2.38. The van der Waals surface area contributed by atoms with Gasteiger partial charge < -0.3 is 0 Å². The molecule has 0 radical (unpaired) electrons. The summed E-state index contributed by atoms with van der Waals surface area (Å²) in [6, 6.07) is 4.65. The SMILES string of the molecule is CCC(C)N(CC)S(=O)(=O)c1ccc(Cl)c(Br)c1. The van der Waals surface area contributed by atoms with Crippen molar-refractivity contribution in [3.63, 3.8) is 0 Å². The fraction of sp³-hybridized carbons (Fsp3) is 0.500. The Morgan fingerprint density at radius 1 is 1.39 bits per heavy atom. The minimum atomic E-state index is -3.46. The van der Waals surface area contributed by atoms with Crippen LogP contribution in [0.2, 0.25) is 5.02 Å². The van der Waals surface area contributed by atoms with Crippen molar-refractivity contribution in [2.45, 2.75) is 38.1 Å². The predicted octanol–water partition coefficient (Wildman–Crippen LogP) is 3.91. The van der Waals surface area contributed by atoms with Crippen LogP contribution in [0.1, 0.15) is 27.2 Å². The van der Waals surface area contributed by atoms with Crippen molar-refractivity contribution in [2.24, 2.45) is 0 Å². The summed E-state index contributed by atoms with van der Waals surface area (Å²) in [5.41, 5.74) is 0. The predicted molar refractivity (Wildman–Crippen MR) is 78.5 cm³/mol. The Morgan fingerprint density at radius 2 is 2.00 bits per heavy atom. The first-order chi connectivity index (χ1) is 8.34. The topological polar surface area (TPSA) is 37.4 Å². The van der Waals surface area contributed by atoms with Gasteiger partial charge in [-0.1, -0.05) is 25.4 Å². The molecule has 102 valence electrons. The van der Waals surface area contributed by atoms with Crippen molar-refractivity contribution >= 4 is 37.6 Å². The zero-order valence-electron chi connectivity index (χ0n) is 10.7. The van der Waals surface area contributed by atoms with Gasteiger partial charge in [-0.25, -0.2) is 8.42 Å². The van der Waals surface area contributed by atoms with Crippen molar-refractivity contribution in [3.05, 3.63) is 27.7 Å². The van der Waals surface area contributed by atoms with Crippen molar-refractivity contribution in [1.29, 1.82) is 0 Å². The molecule has 0 saturated heterocycles. The van der Waals surface area contributed by atoms with Gasteiger partial charge in [0.25, 0.3) is 0 Å². The van der Waals surface area contributed by atoms with Crippen LogP contribution in [-0.2, 0) is 10.0 Å². The molecule has 0 aliphatic carbocycles. The molecule has 0 aliphatic heterocycles. The summed E-state index contributed by atoms with van der Waals surface area (Å²) in [5, 5.41) is 0.500. The standard InChI is InChI=1S/C12H17BrClNO2S/c1-4-9(3)15(5-2)18(16,17)10-6-7-12(14)11(13)8-10/h6-9H,4-5H2,1-3H3.